The number of thiophene rings is 1. The summed E-state index contributed by atoms with van der Waals surface area (Å²) >= 11 is 1.50. The highest BCUT2D eigenvalue weighted by Gasteiger charge is 2.20. The highest BCUT2D eigenvalue weighted by atomic mass is 32.1. The van der Waals surface area contributed by atoms with Gasteiger partial charge in [0, 0.05) is 68.2 Å². The molecule has 1 saturated heterocycles. The molecule has 0 spiro atoms. The van der Waals surface area contributed by atoms with Gasteiger partial charge in [-0.2, -0.15) is 11.3 Å². The van der Waals surface area contributed by atoms with Gasteiger partial charge in [0.05, 0.1) is 0 Å². The van der Waals surface area contributed by atoms with E-state index < -0.39 is 0 Å². The molecule has 1 fully saturated rings. The van der Waals surface area contributed by atoms with E-state index >= 15 is 0 Å². The third-order valence-corrected chi connectivity index (χ3v) is 4.98. The minimum absolute atomic E-state index is 0.0698. The highest BCUT2D eigenvalue weighted by molar-refractivity contribution is 7.08. The average molecular weight is 358 g/mol. The molecule has 0 radical (unpaired) electrons. The van der Waals surface area contributed by atoms with E-state index in [-0.39, 0.29) is 11.8 Å². The Bertz CT molecular complexity index is 682. The first kappa shape index (κ1) is 17.4. The zero-order valence-corrected chi connectivity index (χ0v) is 14.9. The van der Waals surface area contributed by atoms with Crippen molar-refractivity contribution in [1.82, 2.24) is 15.2 Å². The summed E-state index contributed by atoms with van der Waals surface area (Å²) in [6.45, 7) is 3.68. The van der Waals surface area contributed by atoms with Gasteiger partial charge in [0.2, 0.25) is 5.91 Å². The molecule has 25 heavy (non-hydrogen) atoms. The second kappa shape index (κ2) is 8.62. The van der Waals surface area contributed by atoms with Crippen molar-refractivity contribution in [3.05, 3.63) is 46.9 Å². The van der Waals surface area contributed by atoms with Crippen molar-refractivity contribution in [2.75, 3.05) is 37.6 Å². The molecule has 0 bridgehead atoms. The fraction of sp³-hybridized carbons (Fsp3) is 0.389. The summed E-state index contributed by atoms with van der Waals surface area (Å²) in [5, 5.41) is 6.56. The molecular weight excluding hydrogens is 336 g/mol. The molecule has 3 rings (SSSR count). The zero-order valence-electron chi connectivity index (χ0n) is 14.1. The molecule has 0 aliphatic carbocycles. The van der Waals surface area contributed by atoms with Gasteiger partial charge in [-0.3, -0.25) is 14.6 Å². The molecule has 1 aliphatic rings. The van der Waals surface area contributed by atoms with Crippen LogP contribution in [-0.4, -0.2) is 54.4 Å². The number of amides is 2. The Morgan fingerprint density at radius 3 is 2.56 bits per heavy atom. The van der Waals surface area contributed by atoms with Crippen molar-refractivity contribution in [1.29, 1.82) is 0 Å². The molecule has 132 valence electrons. The van der Waals surface area contributed by atoms with Crippen LogP contribution in [0.4, 0.5) is 5.69 Å². The summed E-state index contributed by atoms with van der Waals surface area (Å²) in [6.07, 6.45) is 4.72. The second-order valence-corrected chi connectivity index (χ2v) is 6.72. The molecule has 0 unspecified atom stereocenters. The monoisotopic (exact) mass is 358 g/mol. The van der Waals surface area contributed by atoms with Gasteiger partial charge in [-0.1, -0.05) is 0 Å². The van der Waals surface area contributed by atoms with Crippen molar-refractivity contribution < 1.29 is 9.59 Å². The number of aromatic nitrogens is 1. The van der Waals surface area contributed by atoms with Crippen molar-refractivity contribution in [2.24, 2.45) is 0 Å². The largest absolute Gasteiger partial charge is 0.368 e. The Labute approximate surface area is 151 Å². The number of piperazine rings is 1. The molecule has 6 nitrogen and oxygen atoms in total. The topological polar surface area (TPSA) is 65.5 Å². The molecule has 2 amide bonds. The second-order valence-electron chi connectivity index (χ2n) is 5.94. The van der Waals surface area contributed by atoms with Crippen molar-refractivity contribution in [3.63, 3.8) is 0 Å². The van der Waals surface area contributed by atoms with Crippen LogP contribution in [0.3, 0.4) is 0 Å². The van der Waals surface area contributed by atoms with Gasteiger partial charge >= 0.3 is 0 Å². The summed E-state index contributed by atoms with van der Waals surface area (Å²) in [5.41, 5.74) is 1.84. The van der Waals surface area contributed by atoms with Crippen LogP contribution < -0.4 is 10.2 Å². The van der Waals surface area contributed by atoms with Gasteiger partial charge in [0.15, 0.2) is 0 Å². The standard InChI is InChI=1S/C18H22N4O2S/c23-17(2-1-6-20-18(24)15-5-13-25-14-15)22-11-9-21(10-12-22)16-3-7-19-8-4-16/h3-5,7-8,13-14H,1-2,6,9-12H2,(H,20,24). The maximum atomic E-state index is 12.3. The van der Waals surface area contributed by atoms with E-state index in [1.54, 1.807) is 18.5 Å². The zero-order chi connectivity index (χ0) is 17.5. The van der Waals surface area contributed by atoms with E-state index in [0.29, 0.717) is 24.9 Å². The minimum Gasteiger partial charge on any atom is -0.368 e. The number of carbonyl (C=O) groups excluding carboxylic acids is 2. The van der Waals surface area contributed by atoms with Crippen LogP contribution in [0.5, 0.6) is 0 Å². The molecule has 2 aromatic rings. The summed E-state index contributed by atoms with van der Waals surface area (Å²) < 4.78 is 0. The summed E-state index contributed by atoms with van der Waals surface area (Å²) in [7, 11) is 0. The fourth-order valence-electron chi connectivity index (χ4n) is 2.86. The first-order chi connectivity index (χ1) is 12.2. The molecular formula is C18H22N4O2S. The molecule has 0 atom stereocenters. The number of nitrogens with one attached hydrogen (secondary N) is 1. The smallest absolute Gasteiger partial charge is 0.252 e. The Morgan fingerprint density at radius 2 is 1.88 bits per heavy atom. The highest BCUT2D eigenvalue weighted by Crippen LogP contribution is 2.15. The number of hydrogen-bond donors (Lipinski definition) is 1. The first-order valence-corrected chi connectivity index (χ1v) is 9.41. The van der Waals surface area contributed by atoms with E-state index in [1.165, 1.54) is 11.3 Å². The van der Waals surface area contributed by atoms with Crippen molar-refractivity contribution in [3.8, 4) is 0 Å². The molecule has 2 aromatic heterocycles. The number of carbonyl (C=O) groups is 2. The number of rotatable bonds is 6. The van der Waals surface area contributed by atoms with Gasteiger partial charge in [-0.05, 0) is 30.0 Å². The van der Waals surface area contributed by atoms with Crippen LogP contribution in [0.15, 0.2) is 41.4 Å². The Morgan fingerprint density at radius 1 is 1.12 bits per heavy atom. The molecule has 1 N–H and O–H groups in total. The fourth-order valence-corrected chi connectivity index (χ4v) is 3.50. The number of nitrogens with zero attached hydrogens (tertiary/aromatic N) is 3. The Balaban J connectivity index is 1.35. The van der Waals surface area contributed by atoms with E-state index in [1.807, 2.05) is 27.8 Å². The number of pyridine rings is 1. The third kappa shape index (κ3) is 4.79. The first-order valence-electron chi connectivity index (χ1n) is 8.47. The quantitative estimate of drug-likeness (QED) is 0.802. The Kier molecular flexibility index (Phi) is 6.00. The lowest BCUT2D eigenvalue weighted by Gasteiger charge is -2.36. The molecule has 0 saturated carbocycles. The van der Waals surface area contributed by atoms with E-state index in [9.17, 15) is 9.59 Å². The van der Waals surface area contributed by atoms with Crippen LogP contribution in [0.2, 0.25) is 0 Å². The van der Waals surface area contributed by atoms with Crippen molar-refractivity contribution >= 4 is 28.8 Å². The van der Waals surface area contributed by atoms with Crippen molar-refractivity contribution in [2.45, 2.75) is 12.8 Å². The summed E-state index contributed by atoms with van der Waals surface area (Å²) in [6, 6.07) is 5.79. The average Bonchev–Trinajstić information content (AvgIpc) is 3.21. The molecule has 7 heteroatoms. The predicted octanol–water partition coefficient (Wildman–Crippen LogP) is 2.00. The van der Waals surface area contributed by atoms with E-state index in [0.717, 1.165) is 31.9 Å². The van der Waals surface area contributed by atoms with Crippen LogP contribution in [0.25, 0.3) is 0 Å². The SMILES string of the molecule is O=C(NCCCC(=O)N1CCN(c2ccncc2)CC1)c1ccsc1. The van der Waals surface area contributed by atoms with Gasteiger partial charge in [-0.25, -0.2) is 0 Å². The van der Waals surface area contributed by atoms with Gasteiger partial charge < -0.3 is 15.1 Å². The minimum atomic E-state index is -0.0698. The normalized spacial score (nSPS) is 14.4. The third-order valence-electron chi connectivity index (χ3n) is 4.30. The lowest BCUT2D eigenvalue weighted by atomic mass is 10.2. The van der Waals surface area contributed by atoms with Crippen LogP contribution in [0, 0.1) is 0 Å². The lowest BCUT2D eigenvalue weighted by molar-refractivity contribution is -0.131. The van der Waals surface area contributed by atoms with Gasteiger partial charge in [0.1, 0.15) is 0 Å². The van der Waals surface area contributed by atoms with Crippen LogP contribution in [-0.2, 0) is 4.79 Å². The van der Waals surface area contributed by atoms with Crippen LogP contribution in [0.1, 0.15) is 23.2 Å². The van der Waals surface area contributed by atoms with Crippen LogP contribution >= 0.6 is 11.3 Å². The predicted molar refractivity (Wildman–Crippen MR) is 98.9 cm³/mol. The maximum absolute atomic E-state index is 12.3. The molecule has 0 aromatic carbocycles. The van der Waals surface area contributed by atoms with Gasteiger partial charge in [0.25, 0.3) is 5.91 Å². The van der Waals surface area contributed by atoms with E-state index in [2.05, 4.69) is 15.2 Å². The maximum Gasteiger partial charge on any atom is 0.252 e. The molecule has 3 heterocycles. The lowest BCUT2D eigenvalue weighted by Crippen LogP contribution is -2.48. The van der Waals surface area contributed by atoms with Gasteiger partial charge in [-0.15, -0.1) is 0 Å². The summed E-state index contributed by atoms with van der Waals surface area (Å²) in [5.74, 6) is 0.0961. The van der Waals surface area contributed by atoms with E-state index in [4.69, 9.17) is 0 Å². The number of hydrogen-bond acceptors (Lipinski definition) is 5. The Hall–Kier alpha value is -2.41. The summed E-state index contributed by atoms with van der Waals surface area (Å²) in [4.78, 5) is 32.3. The number of anilines is 1. The molecule has 1 aliphatic heterocycles.